The van der Waals surface area contributed by atoms with E-state index in [1.165, 1.54) is 6.20 Å². The van der Waals surface area contributed by atoms with Crippen molar-refractivity contribution in [3.63, 3.8) is 0 Å². The fourth-order valence-electron chi connectivity index (χ4n) is 2.71. The number of aromatic nitrogens is 1. The molecular formula is C17H18Cl2N4O2. The van der Waals surface area contributed by atoms with Gasteiger partial charge in [0.1, 0.15) is 5.75 Å². The summed E-state index contributed by atoms with van der Waals surface area (Å²) in [6.45, 7) is 3.46. The summed E-state index contributed by atoms with van der Waals surface area (Å²) in [5.74, 6) is 0.419. The Balaban J connectivity index is 1.50. The van der Waals surface area contributed by atoms with E-state index in [4.69, 9.17) is 23.2 Å². The lowest BCUT2D eigenvalue weighted by Gasteiger charge is -2.35. The van der Waals surface area contributed by atoms with Gasteiger partial charge in [-0.3, -0.25) is 9.69 Å². The van der Waals surface area contributed by atoms with Crippen molar-refractivity contribution in [3.05, 3.63) is 46.6 Å². The van der Waals surface area contributed by atoms with Crippen molar-refractivity contribution in [1.29, 1.82) is 0 Å². The Kier molecular flexibility index (Phi) is 5.63. The number of pyridine rings is 1. The number of nitrogens with zero attached hydrogens (tertiary/aromatic N) is 3. The standard InChI is InChI=1S/C17H18Cl2N4O2/c18-12-9-15(19)17(20-10-12)21-16(25)11-22-5-7-23(8-6-22)13-1-3-14(24)4-2-13/h1-4,9-10,24H,5-8,11H2,(H,20,21,25). The van der Waals surface area contributed by atoms with Crippen LogP contribution in [0.15, 0.2) is 36.5 Å². The molecule has 6 nitrogen and oxygen atoms in total. The van der Waals surface area contributed by atoms with E-state index >= 15 is 0 Å². The normalized spacial score (nSPS) is 15.2. The number of carbonyl (C=O) groups excluding carboxylic acids is 1. The van der Waals surface area contributed by atoms with Gasteiger partial charge in [0.05, 0.1) is 16.6 Å². The molecule has 0 bridgehead atoms. The highest BCUT2D eigenvalue weighted by Gasteiger charge is 2.19. The number of halogens is 2. The molecule has 1 amide bonds. The topological polar surface area (TPSA) is 68.7 Å². The van der Waals surface area contributed by atoms with Gasteiger partial charge in [0, 0.05) is 38.1 Å². The first-order valence-electron chi connectivity index (χ1n) is 7.88. The molecule has 3 rings (SSSR count). The molecule has 8 heteroatoms. The van der Waals surface area contributed by atoms with Crippen molar-refractivity contribution in [2.24, 2.45) is 0 Å². The van der Waals surface area contributed by atoms with Crippen LogP contribution in [0, 0.1) is 0 Å². The molecule has 1 fully saturated rings. The van der Waals surface area contributed by atoms with Crippen molar-refractivity contribution < 1.29 is 9.90 Å². The lowest BCUT2D eigenvalue weighted by atomic mass is 10.2. The Bertz CT molecular complexity index is 747. The average molecular weight is 381 g/mol. The van der Waals surface area contributed by atoms with E-state index in [-0.39, 0.29) is 18.2 Å². The zero-order valence-electron chi connectivity index (χ0n) is 13.5. The number of hydrogen-bond acceptors (Lipinski definition) is 5. The number of hydrogen-bond donors (Lipinski definition) is 2. The molecule has 0 saturated carbocycles. The number of phenols is 1. The van der Waals surface area contributed by atoms with Crippen molar-refractivity contribution in [2.45, 2.75) is 0 Å². The van der Waals surface area contributed by atoms with Gasteiger partial charge in [0.25, 0.3) is 0 Å². The quantitative estimate of drug-likeness (QED) is 0.853. The van der Waals surface area contributed by atoms with E-state index in [1.54, 1.807) is 18.2 Å². The molecular weight excluding hydrogens is 363 g/mol. The summed E-state index contributed by atoms with van der Waals surface area (Å²) in [7, 11) is 0. The minimum Gasteiger partial charge on any atom is -0.508 e. The highest BCUT2D eigenvalue weighted by Crippen LogP contribution is 2.23. The molecule has 0 unspecified atom stereocenters. The maximum Gasteiger partial charge on any atom is 0.239 e. The van der Waals surface area contributed by atoms with Gasteiger partial charge in [0.2, 0.25) is 5.91 Å². The molecule has 0 radical (unpaired) electrons. The Labute approximate surface area is 156 Å². The predicted octanol–water partition coefficient (Wildman–Crippen LogP) is 2.85. The molecule has 1 saturated heterocycles. The summed E-state index contributed by atoms with van der Waals surface area (Å²) >= 11 is 11.8. The molecule has 25 heavy (non-hydrogen) atoms. The van der Waals surface area contributed by atoms with Gasteiger partial charge in [-0.1, -0.05) is 23.2 Å². The van der Waals surface area contributed by atoms with Gasteiger partial charge >= 0.3 is 0 Å². The van der Waals surface area contributed by atoms with Crippen molar-refractivity contribution >= 4 is 40.6 Å². The van der Waals surface area contributed by atoms with E-state index < -0.39 is 0 Å². The summed E-state index contributed by atoms with van der Waals surface area (Å²) in [5, 5.41) is 12.8. The molecule has 0 atom stereocenters. The Hall–Kier alpha value is -2.02. The first-order valence-corrected chi connectivity index (χ1v) is 8.64. The molecule has 1 aliphatic rings. The second-order valence-corrected chi connectivity index (χ2v) is 6.66. The fourth-order valence-corrected chi connectivity index (χ4v) is 3.14. The third kappa shape index (κ3) is 4.75. The Morgan fingerprint density at radius 2 is 1.84 bits per heavy atom. The zero-order chi connectivity index (χ0) is 17.8. The van der Waals surface area contributed by atoms with Crippen molar-refractivity contribution in [1.82, 2.24) is 9.88 Å². The number of benzene rings is 1. The third-order valence-electron chi connectivity index (χ3n) is 4.02. The van der Waals surface area contributed by atoms with Crippen LogP contribution in [0.4, 0.5) is 11.5 Å². The van der Waals surface area contributed by atoms with E-state index in [0.717, 1.165) is 31.9 Å². The minimum atomic E-state index is -0.158. The molecule has 1 aliphatic heterocycles. The summed E-state index contributed by atoms with van der Waals surface area (Å²) in [5.41, 5.74) is 1.07. The number of aromatic hydroxyl groups is 1. The van der Waals surface area contributed by atoms with E-state index in [0.29, 0.717) is 15.9 Å². The average Bonchev–Trinajstić information content (AvgIpc) is 2.59. The van der Waals surface area contributed by atoms with Crippen LogP contribution in [0.25, 0.3) is 0 Å². The first kappa shape index (κ1) is 17.8. The maximum atomic E-state index is 12.2. The van der Waals surface area contributed by atoms with Gasteiger partial charge in [-0.2, -0.15) is 0 Å². The third-order valence-corrected chi connectivity index (χ3v) is 4.51. The van der Waals surface area contributed by atoms with Crippen molar-refractivity contribution in [3.8, 4) is 5.75 Å². The second kappa shape index (κ2) is 7.91. The number of amides is 1. The molecule has 2 N–H and O–H groups in total. The van der Waals surface area contributed by atoms with Crippen LogP contribution in [0.2, 0.25) is 10.0 Å². The second-order valence-electron chi connectivity index (χ2n) is 5.81. The largest absolute Gasteiger partial charge is 0.508 e. The van der Waals surface area contributed by atoms with Gasteiger partial charge in [0.15, 0.2) is 5.82 Å². The Morgan fingerprint density at radius 1 is 1.16 bits per heavy atom. The number of anilines is 2. The van der Waals surface area contributed by atoms with Gasteiger partial charge in [-0.25, -0.2) is 4.98 Å². The lowest BCUT2D eigenvalue weighted by Crippen LogP contribution is -2.48. The molecule has 0 aliphatic carbocycles. The Morgan fingerprint density at radius 3 is 2.48 bits per heavy atom. The van der Waals surface area contributed by atoms with E-state index in [9.17, 15) is 9.90 Å². The van der Waals surface area contributed by atoms with Gasteiger partial charge in [-0.05, 0) is 30.3 Å². The monoisotopic (exact) mass is 380 g/mol. The molecule has 2 aromatic rings. The first-order chi connectivity index (χ1) is 12.0. The van der Waals surface area contributed by atoms with Crippen LogP contribution < -0.4 is 10.2 Å². The van der Waals surface area contributed by atoms with E-state index in [1.807, 2.05) is 12.1 Å². The highest BCUT2D eigenvalue weighted by atomic mass is 35.5. The maximum absolute atomic E-state index is 12.2. The van der Waals surface area contributed by atoms with Crippen LogP contribution in [0.1, 0.15) is 0 Å². The molecule has 0 spiro atoms. The number of rotatable bonds is 4. The SMILES string of the molecule is O=C(CN1CCN(c2ccc(O)cc2)CC1)Nc1ncc(Cl)cc1Cl. The summed E-state index contributed by atoms with van der Waals surface area (Å²) in [6.07, 6.45) is 1.44. The highest BCUT2D eigenvalue weighted by molar-refractivity contribution is 6.36. The lowest BCUT2D eigenvalue weighted by molar-refractivity contribution is -0.117. The number of nitrogens with one attached hydrogen (secondary N) is 1. The molecule has 2 heterocycles. The summed E-state index contributed by atoms with van der Waals surface area (Å²) in [6, 6.07) is 8.69. The van der Waals surface area contributed by atoms with Crippen LogP contribution in [-0.4, -0.2) is 53.6 Å². The van der Waals surface area contributed by atoms with Gasteiger partial charge < -0.3 is 15.3 Å². The van der Waals surface area contributed by atoms with Crippen LogP contribution >= 0.6 is 23.2 Å². The summed E-state index contributed by atoms with van der Waals surface area (Å²) in [4.78, 5) is 20.5. The molecule has 1 aromatic heterocycles. The number of piperazine rings is 1. The van der Waals surface area contributed by atoms with Crippen LogP contribution in [-0.2, 0) is 4.79 Å². The zero-order valence-corrected chi connectivity index (χ0v) is 15.0. The fraction of sp³-hybridized carbons (Fsp3) is 0.294. The number of carbonyl (C=O) groups is 1. The summed E-state index contributed by atoms with van der Waals surface area (Å²) < 4.78 is 0. The van der Waals surface area contributed by atoms with Crippen LogP contribution in [0.3, 0.4) is 0 Å². The molecule has 132 valence electrons. The smallest absolute Gasteiger partial charge is 0.239 e. The van der Waals surface area contributed by atoms with Gasteiger partial charge in [-0.15, -0.1) is 0 Å². The molecule has 1 aromatic carbocycles. The predicted molar refractivity (Wildman–Crippen MR) is 99.6 cm³/mol. The van der Waals surface area contributed by atoms with E-state index in [2.05, 4.69) is 20.1 Å². The number of phenolic OH excluding ortho intramolecular Hbond substituents is 1. The van der Waals surface area contributed by atoms with Crippen molar-refractivity contribution in [2.75, 3.05) is 42.9 Å². The van der Waals surface area contributed by atoms with Crippen LogP contribution in [0.5, 0.6) is 5.75 Å². The minimum absolute atomic E-state index is 0.158.